The molecule has 3 aliphatic rings. The average Bonchev–Trinajstić information content (AvgIpc) is 3.29. The average molecular weight is 457 g/mol. The zero-order valence-corrected chi connectivity index (χ0v) is 19.9. The lowest BCUT2D eigenvalue weighted by molar-refractivity contribution is -0.747. The molecule has 0 saturated heterocycles. The van der Waals surface area contributed by atoms with Gasteiger partial charge in [-0.2, -0.15) is 0 Å². The zero-order valence-electron chi connectivity index (χ0n) is 19.9. The molecule has 2 aromatic rings. The Morgan fingerprint density at radius 3 is 2.82 bits per heavy atom. The lowest BCUT2D eigenvalue weighted by Gasteiger charge is -2.49. The Morgan fingerprint density at radius 2 is 1.97 bits per heavy atom. The van der Waals surface area contributed by atoms with Crippen LogP contribution in [0.3, 0.4) is 0 Å². The summed E-state index contributed by atoms with van der Waals surface area (Å²) in [5.74, 6) is 1.58. The number of allylic oxidation sites excluding steroid dienone is 1. The minimum absolute atomic E-state index is 0.409. The molecule has 0 radical (unpaired) electrons. The lowest BCUT2D eigenvalue weighted by Crippen LogP contribution is -2.63. The number of anilines is 1. The Hall–Kier alpha value is -3.22. The predicted molar refractivity (Wildman–Crippen MR) is 138 cm³/mol. The van der Waals surface area contributed by atoms with Crippen LogP contribution in [0.25, 0.3) is 0 Å². The molecular formula is C28H34N5O+. The topological polar surface area (TPSA) is 49.2 Å². The molecule has 2 aliphatic heterocycles. The quantitative estimate of drug-likeness (QED) is 0.363. The summed E-state index contributed by atoms with van der Waals surface area (Å²) in [5.41, 5.74) is 3.35. The van der Waals surface area contributed by atoms with Crippen LogP contribution >= 0.6 is 0 Å². The number of ether oxygens (including phenoxy) is 1. The second-order valence-electron chi connectivity index (χ2n) is 9.30. The highest BCUT2D eigenvalue weighted by Crippen LogP contribution is 2.42. The Morgan fingerprint density at radius 1 is 1.09 bits per heavy atom. The SMILES string of the molecule is CCCCNCC1CC(N(c2cccc(OCc3ccccc3)c2)[N+]23C=CN=CC2=CN=C3)C1. The Bertz CT molecular complexity index is 1090. The smallest absolute Gasteiger partial charge is 0.225 e. The summed E-state index contributed by atoms with van der Waals surface area (Å²) in [5, 5.41) is 6.11. The molecule has 1 unspecified atom stereocenters. The monoisotopic (exact) mass is 456 g/mol. The van der Waals surface area contributed by atoms with Crippen molar-refractivity contribution in [2.75, 3.05) is 18.1 Å². The van der Waals surface area contributed by atoms with Crippen molar-refractivity contribution >= 4 is 18.2 Å². The second-order valence-corrected chi connectivity index (χ2v) is 9.30. The number of aliphatic imine (C=N–C) groups is 2. The van der Waals surface area contributed by atoms with Gasteiger partial charge >= 0.3 is 0 Å². The van der Waals surface area contributed by atoms with Crippen LogP contribution in [0.15, 0.2) is 88.9 Å². The fraction of sp³-hybridized carbons (Fsp3) is 0.357. The highest BCUT2D eigenvalue weighted by atomic mass is 16.5. The van der Waals surface area contributed by atoms with E-state index in [1.807, 2.05) is 49.2 Å². The van der Waals surface area contributed by atoms with E-state index in [-0.39, 0.29) is 0 Å². The molecule has 5 rings (SSSR count). The van der Waals surface area contributed by atoms with Crippen LogP contribution in [0.5, 0.6) is 5.75 Å². The van der Waals surface area contributed by atoms with Gasteiger partial charge in [0.2, 0.25) is 12.0 Å². The third kappa shape index (κ3) is 4.69. The minimum atomic E-state index is 0.409. The molecule has 6 heteroatoms. The molecule has 0 spiro atoms. The van der Waals surface area contributed by atoms with Gasteiger partial charge in [0, 0.05) is 6.07 Å². The van der Waals surface area contributed by atoms with Gasteiger partial charge in [-0.25, -0.2) is 10.0 Å². The van der Waals surface area contributed by atoms with Crippen LogP contribution in [0.4, 0.5) is 5.69 Å². The Balaban J connectivity index is 1.36. The highest BCUT2D eigenvalue weighted by Gasteiger charge is 2.48. The van der Waals surface area contributed by atoms with Gasteiger partial charge in [-0.1, -0.05) is 49.7 Å². The second kappa shape index (κ2) is 10.4. The van der Waals surface area contributed by atoms with Crippen LogP contribution in [-0.2, 0) is 6.61 Å². The fourth-order valence-electron chi connectivity index (χ4n) is 4.94. The van der Waals surface area contributed by atoms with Crippen molar-refractivity contribution < 1.29 is 9.33 Å². The van der Waals surface area contributed by atoms with Gasteiger partial charge in [0.05, 0.1) is 30.3 Å². The Kier molecular flexibility index (Phi) is 6.88. The van der Waals surface area contributed by atoms with Crippen LogP contribution in [-0.4, -0.2) is 36.3 Å². The van der Waals surface area contributed by atoms with E-state index in [4.69, 9.17) is 4.74 Å². The van der Waals surface area contributed by atoms with E-state index in [0.29, 0.717) is 23.2 Å². The van der Waals surface area contributed by atoms with Crippen LogP contribution in [0.1, 0.15) is 38.2 Å². The lowest BCUT2D eigenvalue weighted by atomic mass is 9.79. The van der Waals surface area contributed by atoms with Crippen LogP contribution < -0.4 is 15.1 Å². The van der Waals surface area contributed by atoms with Gasteiger partial charge < -0.3 is 10.1 Å². The maximum Gasteiger partial charge on any atom is 0.225 e. The molecule has 0 amide bonds. The molecule has 6 nitrogen and oxygen atoms in total. The predicted octanol–water partition coefficient (Wildman–Crippen LogP) is 5.41. The van der Waals surface area contributed by atoms with E-state index in [0.717, 1.165) is 48.6 Å². The van der Waals surface area contributed by atoms with E-state index in [1.165, 1.54) is 12.8 Å². The summed E-state index contributed by atoms with van der Waals surface area (Å²) in [7, 11) is 0. The van der Waals surface area contributed by atoms with Crippen molar-refractivity contribution in [2.24, 2.45) is 15.9 Å². The van der Waals surface area contributed by atoms with E-state index in [2.05, 4.69) is 63.8 Å². The third-order valence-electron chi connectivity index (χ3n) is 6.83. The molecule has 2 heterocycles. The third-order valence-corrected chi connectivity index (χ3v) is 6.83. The number of quaternary nitrogens is 1. The standard InChI is InChI=1S/C28H34N5O/c1-2-3-12-29-18-24-15-26(16-24)32(33-14-13-30-19-27(33)20-31-22-33)25-10-7-11-28(17-25)34-21-23-8-5-4-6-9-23/h4-11,13-14,17,19-20,22,24,26,29H,2-3,12,15-16,18,21H2,1H3/q+1. The minimum Gasteiger partial charge on any atom is -0.489 e. The van der Waals surface area contributed by atoms with Gasteiger partial charge in [0.1, 0.15) is 12.4 Å². The first-order valence-corrected chi connectivity index (χ1v) is 12.4. The summed E-state index contributed by atoms with van der Waals surface area (Å²) in [6.45, 7) is 5.00. The van der Waals surface area contributed by atoms with Crippen molar-refractivity contribution in [3.63, 3.8) is 0 Å². The summed E-state index contributed by atoms with van der Waals surface area (Å²) in [6, 6.07) is 19.2. The number of unbranched alkanes of at least 4 members (excludes halogenated alkanes) is 1. The summed E-state index contributed by atoms with van der Waals surface area (Å²) >= 11 is 0. The number of benzene rings is 2. The van der Waals surface area contributed by atoms with Crippen molar-refractivity contribution in [1.29, 1.82) is 0 Å². The largest absolute Gasteiger partial charge is 0.489 e. The van der Waals surface area contributed by atoms with Crippen LogP contribution in [0, 0.1) is 5.92 Å². The van der Waals surface area contributed by atoms with Crippen molar-refractivity contribution in [3.8, 4) is 5.75 Å². The number of hydrogen-bond donors (Lipinski definition) is 1. The Labute approximate surface area is 202 Å². The molecule has 1 aliphatic carbocycles. The maximum atomic E-state index is 6.17. The molecule has 34 heavy (non-hydrogen) atoms. The van der Waals surface area contributed by atoms with Gasteiger partial charge in [-0.05, 0) is 56.0 Å². The molecule has 0 aromatic heterocycles. The van der Waals surface area contributed by atoms with Gasteiger partial charge in [-0.15, -0.1) is 4.59 Å². The zero-order chi connectivity index (χ0) is 23.2. The molecule has 176 valence electrons. The highest BCUT2D eigenvalue weighted by molar-refractivity contribution is 5.82. The van der Waals surface area contributed by atoms with Gasteiger partial charge in [-0.3, -0.25) is 4.99 Å². The number of rotatable bonds is 11. The number of nitrogens with one attached hydrogen (secondary N) is 1. The summed E-state index contributed by atoms with van der Waals surface area (Å²) in [6.07, 6.45) is 14.6. The molecule has 2 aromatic carbocycles. The number of fused-ring (bicyclic) bond motifs is 1. The number of hydrogen-bond acceptors (Lipinski definition) is 5. The van der Waals surface area contributed by atoms with Crippen molar-refractivity contribution in [2.45, 2.75) is 45.3 Å². The summed E-state index contributed by atoms with van der Waals surface area (Å²) in [4.78, 5) is 8.90. The van der Waals surface area contributed by atoms with Crippen LogP contribution in [0.2, 0.25) is 0 Å². The number of nitrogens with zero attached hydrogens (tertiary/aromatic N) is 4. The van der Waals surface area contributed by atoms with E-state index < -0.39 is 0 Å². The maximum absolute atomic E-state index is 6.17. The van der Waals surface area contributed by atoms with Crippen molar-refractivity contribution in [3.05, 3.63) is 84.5 Å². The fourth-order valence-corrected chi connectivity index (χ4v) is 4.94. The molecule has 1 atom stereocenters. The van der Waals surface area contributed by atoms with E-state index in [1.54, 1.807) is 0 Å². The molecule has 1 fully saturated rings. The molecule has 1 N–H and O–H groups in total. The molecular weight excluding hydrogens is 422 g/mol. The van der Waals surface area contributed by atoms with E-state index in [9.17, 15) is 0 Å². The first kappa shape index (κ1) is 22.6. The normalized spacial score (nSPS) is 24.4. The molecule has 1 saturated carbocycles. The van der Waals surface area contributed by atoms with Gasteiger partial charge in [0.25, 0.3) is 0 Å². The first-order chi connectivity index (χ1) is 16.8. The molecule has 0 bridgehead atoms. The summed E-state index contributed by atoms with van der Waals surface area (Å²) < 4.78 is 6.62. The van der Waals surface area contributed by atoms with Crippen molar-refractivity contribution in [1.82, 2.24) is 5.32 Å². The van der Waals surface area contributed by atoms with Gasteiger partial charge in [0.15, 0.2) is 6.20 Å². The first-order valence-electron chi connectivity index (χ1n) is 12.4. The van der Waals surface area contributed by atoms with E-state index >= 15 is 0 Å².